The van der Waals surface area contributed by atoms with Gasteiger partial charge in [0.05, 0.1) is 18.2 Å². The van der Waals surface area contributed by atoms with Crippen LogP contribution in [-0.4, -0.2) is 22.8 Å². The lowest BCUT2D eigenvalue weighted by atomic mass is 9.90. The Morgan fingerprint density at radius 1 is 1.14 bits per heavy atom. The molecule has 1 aliphatic carbocycles. The minimum atomic E-state index is -0.288. The van der Waals surface area contributed by atoms with E-state index in [4.69, 9.17) is 10.7 Å². The van der Waals surface area contributed by atoms with Crippen LogP contribution in [-0.2, 0) is 4.79 Å². The second kappa shape index (κ2) is 8.35. The van der Waals surface area contributed by atoms with Gasteiger partial charge in [-0.15, -0.1) is 0 Å². The van der Waals surface area contributed by atoms with Gasteiger partial charge >= 0.3 is 0 Å². The summed E-state index contributed by atoms with van der Waals surface area (Å²) in [5.74, 6) is 0.513. The molecule has 0 spiro atoms. The number of nitrogens with one attached hydrogen (secondary N) is 1. The van der Waals surface area contributed by atoms with Crippen molar-refractivity contribution in [2.24, 2.45) is 10.7 Å². The third-order valence-electron chi connectivity index (χ3n) is 5.55. The summed E-state index contributed by atoms with van der Waals surface area (Å²) in [6.07, 6.45) is 6.18. The van der Waals surface area contributed by atoms with E-state index in [-0.39, 0.29) is 18.4 Å². The lowest BCUT2D eigenvalue weighted by Gasteiger charge is -2.44. The molecule has 5 nitrogen and oxygen atoms in total. The van der Waals surface area contributed by atoms with Crippen LogP contribution < -0.4 is 11.1 Å². The van der Waals surface area contributed by atoms with Crippen molar-refractivity contribution in [3.05, 3.63) is 58.6 Å². The molecule has 1 amide bonds. The molecule has 4 rings (SSSR count). The third kappa shape index (κ3) is 4.07. The first-order chi connectivity index (χ1) is 13.6. The molecular weight excluding hydrogens is 416 g/mol. The van der Waals surface area contributed by atoms with Crippen LogP contribution >= 0.6 is 15.9 Å². The zero-order valence-corrected chi connectivity index (χ0v) is 17.4. The number of nitrogens with zero attached hydrogens (tertiary/aromatic N) is 2. The molecule has 146 valence electrons. The summed E-state index contributed by atoms with van der Waals surface area (Å²) < 4.78 is 1.01. The van der Waals surface area contributed by atoms with Crippen molar-refractivity contribution in [2.45, 2.75) is 50.6 Å². The highest BCUT2D eigenvalue weighted by Crippen LogP contribution is 2.40. The van der Waals surface area contributed by atoms with Gasteiger partial charge in [-0.05, 0) is 37.1 Å². The first kappa shape index (κ1) is 19.0. The SMILES string of the molecule is NC(=O)CC1c2ccccc2N=C(Nc2cccc(Br)c2)N1C1CCCCC1. The van der Waals surface area contributed by atoms with Crippen molar-refractivity contribution in [1.82, 2.24) is 4.90 Å². The van der Waals surface area contributed by atoms with Gasteiger partial charge in [0, 0.05) is 21.8 Å². The minimum Gasteiger partial charge on any atom is -0.370 e. The number of halogens is 1. The Hall–Kier alpha value is -2.34. The number of hydrogen-bond donors (Lipinski definition) is 2. The summed E-state index contributed by atoms with van der Waals surface area (Å²) in [6, 6.07) is 16.4. The molecule has 2 aromatic rings. The quantitative estimate of drug-likeness (QED) is 0.693. The fourth-order valence-corrected chi connectivity index (χ4v) is 4.71. The summed E-state index contributed by atoms with van der Waals surface area (Å²) in [5.41, 5.74) is 8.60. The Labute approximate surface area is 174 Å². The highest BCUT2D eigenvalue weighted by atomic mass is 79.9. The number of fused-ring (bicyclic) bond motifs is 1. The lowest BCUT2D eigenvalue weighted by Crippen LogP contribution is -2.49. The lowest BCUT2D eigenvalue weighted by molar-refractivity contribution is -0.119. The van der Waals surface area contributed by atoms with Gasteiger partial charge in [-0.25, -0.2) is 4.99 Å². The summed E-state index contributed by atoms with van der Waals surface area (Å²) in [5, 5.41) is 3.51. The fraction of sp³-hybridized carbons (Fsp3) is 0.364. The maximum Gasteiger partial charge on any atom is 0.219 e. The first-order valence-corrected chi connectivity index (χ1v) is 10.7. The number of guanidine groups is 1. The number of hydrogen-bond acceptors (Lipinski definition) is 4. The second-order valence-electron chi connectivity index (χ2n) is 7.51. The predicted molar refractivity (Wildman–Crippen MR) is 117 cm³/mol. The van der Waals surface area contributed by atoms with E-state index in [1.165, 1.54) is 19.3 Å². The van der Waals surface area contributed by atoms with Gasteiger partial charge in [-0.3, -0.25) is 4.79 Å². The van der Waals surface area contributed by atoms with Crippen LogP contribution in [0, 0.1) is 0 Å². The molecule has 3 N–H and O–H groups in total. The number of rotatable bonds is 4. The van der Waals surface area contributed by atoms with Crippen molar-refractivity contribution >= 4 is 39.2 Å². The number of carbonyl (C=O) groups is 1. The van der Waals surface area contributed by atoms with Crippen molar-refractivity contribution < 1.29 is 4.79 Å². The number of primary amides is 1. The normalized spacial score (nSPS) is 19.7. The molecule has 0 radical (unpaired) electrons. The Kier molecular flexibility index (Phi) is 5.67. The van der Waals surface area contributed by atoms with Gasteiger partial charge in [0.15, 0.2) is 0 Å². The van der Waals surface area contributed by atoms with Crippen molar-refractivity contribution in [1.29, 1.82) is 0 Å². The molecular formula is C22H25BrN4O. The summed E-state index contributed by atoms with van der Waals surface area (Å²) in [4.78, 5) is 19.2. The molecule has 2 aliphatic rings. The van der Waals surface area contributed by atoms with Crippen LogP contribution in [0.3, 0.4) is 0 Å². The Morgan fingerprint density at radius 2 is 1.93 bits per heavy atom. The van der Waals surface area contributed by atoms with Gasteiger partial charge in [0.1, 0.15) is 0 Å². The largest absolute Gasteiger partial charge is 0.370 e. The number of para-hydroxylation sites is 1. The number of amides is 1. The second-order valence-corrected chi connectivity index (χ2v) is 8.43. The monoisotopic (exact) mass is 440 g/mol. The zero-order chi connectivity index (χ0) is 19.5. The maximum atomic E-state index is 11.9. The van der Waals surface area contributed by atoms with Gasteiger partial charge in [0.25, 0.3) is 0 Å². The molecule has 1 heterocycles. The average Bonchev–Trinajstić information content (AvgIpc) is 2.68. The Morgan fingerprint density at radius 3 is 2.68 bits per heavy atom. The maximum absolute atomic E-state index is 11.9. The van der Waals surface area contributed by atoms with E-state index >= 15 is 0 Å². The van der Waals surface area contributed by atoms with E-state index < -0.39 is 0 Å². The smallest absolute Gasteiger partial charge is 0.219 e. The molecule has 1 aliphatic heterocycles. The molecule has 1 fully saturated rings. The van der Waals surface area contributed by atoms with Crippen molar-refractivity contribution in [2.75, 3.05) is 5.32 Å². The van der Waals surface area contributed by atoms with Gasteiger partial charge in [0.2, 0.25) is 11.9 Å². The minimum absolute atomic E-state index is 0.0936. The Balaban J connectivity index is 1.77. The first-order valence-electron chi connectivity index (χ1n) is 9.88. The molecule has 0 bridgehead atoms. The van der Waals surface area contributed by atoms with Crippen LogP contribution in [0.25, 0.3) is 0 Å². The highest BCUT2D eigenvalue weighted by Gasteiger charge is 2.36. The van der Waals surface area contributed by atoms with E-state index in [0.717, 1.165) is 40.2 Å². The van der Waals surface area contributed by atoms with Crippen LogP contribution in [0.15, 0.2) is 58.0 Å². The number of aliphatic imine (C=N–C) groups is 1. The molecule has 0 saturated heterocycles. The molecule has 2 aromatic carbocycles. The van der Waals surface area contributed by atoms with Crippen molar-refractivity contribution in [3.8, 4) is 0 Å². The van der Waals surface area contributed by atoms with E-state index in [2.05, 4.69) is 32.2 Å². The highest BCUT2D eigenvalue weighted by molar-refractivity contribution is 9.10. The topological polar surface area (TPSA) is 70.7 Å². The fourth-order valence-electron chi connectivity index (χ4n) is 4.31. The van der Waals surface area contributed by atoms with Gasteiger partial charge < -0.3 is 16.0 Å². The third-order valence-corrected chi connectivity index (χ3v) is 6.04. The molecule has 28 heavy (non-hydrogen) atoms. The molecule has 1 atom stereocenters. The molecule has 0 aromatic heterocycles. The molecule has 1 saturated carbocycles. The average molecular weight is 441 g/mol. The molecule has 6 heteroatoms. The van der Waals surface area contributed by atoms with E-state index in [9.17, 15) is 4.79 Å². The van der Waals surface area contributed by atoms with Crippen LogP contribution in [0.4, 0.5) is 11.4 Å². The van der Waals surface area contributed by atoms with E-state index in [0.29, 0.717) is 6.04 Å². The van der Waals surface area contributed by atoms with E-state index in [1.54, 1.807) is 0 Å². The van der Waals surface area contributed by atoms with Crippen LogP contribution in [0.5, 0.6) is 0 Å². The number of carbonyl (C=O) groups excluding carboxylic acids is 1. The zero-order valence-electron chi connectivity index (χ0n) is 15.8. The van der Waals surface area contributed by atoms with Gasteiger partial charge in [-0.2, -0.15) is 0 Å². The van der Waals surface area contributed by atoms with E-state index in [1.807, 2.05) is 42.5 Å². The standard InChI is InChI=1S/C22H25BrN4O/c23-15-7-6-8-16(13-15)25-22-26-19-12-5-4-11-18(19)20(14-21(24)28)27(22)17-9-2-1-3-10-17/h4-8,11-13,17,20H,1-3,9-10,14H2,(H2,24,28)(H,25,26). The number of anilines is 1. The van der Waals surface area contributed by atoms with Crippen molar-refractivity contribution in [3.63, 3.8) is 0 Å². The Bertz CT molecular complexity index is 892. The number of benzene rings is 2. The van der Waals surface area contributed by atoms with Crippen LogP contribution in [0.1, 0.15) is 50.1 Å². The summed E-state index contributed by atoms with van der Waals surface area (Å²) in [7, 11) is 0. The molecule has 1 unspecified atom stereocenters. The number of nitrogens with two attached hydrogens (primary N) is 1. The van der Waals surface area contributed by atoms with Crippen LogP contribution in [0.2, 0.25) is 0 Å². The predicted octanol–water partition coefficient (Wildman–Crippen LogP) is 5.11. The summed E-state index contributed by atoms with van der Waals surface area (Å²) in [6.45, 7) is 0. The van der Waals surface area contributed by atoms with Gasteiger partial charge in [-0.1, -0.05) is 59.5 Å². The summed E-state index contributed by atoms with van der Waals surface area (Å²) >= 11 is 3.53.